The van der Waals surface area contributed by atoms with E-state index in [-0.39, 0.29) is 0 Å². The van der Waals surface area contributed by atoms with Gasteiger partial charge >= 0.3 is 0 Å². The molecule has 2 fully saturated rings. The molecule has 0 saturated carbocycles. The van der Waals surface area contributed by atoms with E-state index in [9.17, 15) is 0 Å². The number of nitrogens with zero attached hydrogens (tertiary/aromatic N) is 8. The van der Waals surface area contributed by atoms with E-state index in [1.54, 1.807) is 0 Å². The number of aromatic nitrogens is 5. The van der Waals surface area contributed by atoms with Gasteiger partial charge in [0, 0.05) is 62.7 Å². The first-order valence-corrected chi connectivity index (χ1v) is 12.2. The van der Waals surface area contributed by atoms with Crippen molar-refractivity contribution in [1.29, 1.82) is 0 Å². The molecule has 0 bridgehead atoms. The lowest BCUT2D eigenvalue weighted by atomic mass is 10.2. The lowest BCUT2D eigenvalue weighted by molar-refractivity contribution is 0.0360. The summed E-state index contributed by atoms with van der Waals surface area (Å²) in [6, 6.07) is 8.39. The Labute approximate surface area is 204 Å². The topological polar surface area (TPSA) is 88.7 Å². The predicted octanol–water partition coefficient (Wildman–Crippen LogP) is 1.84. The van der Waals surface area contributed by atoms with Crippen molar-refractivity contribution >= 4 is 29.2 Å². The number of fused-ring (bicyclic) bond motifs is 1. The first kappa shape index (κ1) is 22.1. The summed E-state index contributed by atoms with van der Waals surface area (Å²) in [5.74, 6) is 1.47. The summed E-state index contributed by atoms with van der Waals surface area (Å²) < 4.78 is 14.7. The second-order valence-corrected chi connectivity index (χ2v) is 8.91. The predicted molar refractivity (Wildman–Crippen MR) is 134 cm³/mol. The third kappa shape index (κ3) is 5.16. The molecule has 2 aromatic heterocycles. The third-order valence-corrected chi connectivity index (χ3v) is 6.60. The molecule has 5 heterocycles. The summed E-state index contributed by atoms with van der Waals surface area (Å²) in [6.45, 7) is 9.53. The molecule has 0 radical (unpaired) electrons. The van der Waals surface area contributed by atoms with Crippen molar-refractivity contribution in [1.82, 2.24) is 29.4 Å². The zero-order valence-corrected chi connectivity index (χ0v) is 19.8. The van der Waals surface area contributed by atoms with E-state index >= 15 is 0 Å². The summed E-state index contributed by atoms with van der Waals surface area (Å²) in [5.41, 5.74) is 3.22. The van der Waals surface area contributed by atoms with E-state index in [0.717, 1.165) is 82.9 Å². The molecule has 1 aromatic carbocycles. The average Bonchev–Trinajstić information content (AvgIpc) is 3.55. The van der Waals surface area contributed by atoms with Crippen molar-refractivity contribution in [2.75, 3.05) is 74.3 Å². The van der Waals surface area contributed by atoms with Crippen molar-refractivity contribution in [3.63, 3.8) is 0 Å². The van der Waals surface area contributed by atoms with E-state index < -0.39 is 0 Å². The molecule has 11 heteroatoms. The van der Waals surface area contributed by atoms with Crippen LogP contribution >= 0.6 is 0 Å². The minimum absolute atomic E-state index is 0.590. The molecule has 11 nitrogen and oxygen atoms in total. The van der Waals surface area contributed by atoms with Gasteiger partial charge in [0.25, 0.3) is 0 Å². The molecule has 0 atom stereocenters. The van der Waals surface area contributed by atoms with Gasteiger partial charge in [-0.15, -0.1) is 5.10 Å². The van der Waals surface area contributed by atoms with Gasteiger partial charge in [-0.05, 0) is 24.3 Å². The maximum atomic E-state index is 5.44. The third-order valence-electron chi connectivity index (χ3n) is 6.60. The van der Waals surface area contributed by atoms with Gasteiger partial charge in [0.2, 0.25) is 5.95 Å². The summed E-state index contributed by atoms with van der Waals surface area (Å²) >= 11 is 0. The van der Waals surface area contributed by atoms with Crippen LogP contribution in [0.4, 0.5) is 23.0 Å². The Bertz CT molecular complexity index is 1140. The normalized spacial score (nSPS) is 18.6. The van der Waals surface area contributed by atoms with Gasteiger partial charge < -0.3 is 24.6 Å². The zero-order chi connectivity index (χ0) is 23.5. The molecule has 3 aromatic rings. The van der Waals surface area contributed by atoms with Crippen LogP contribution in [-0.2, 0) is 22.6 Å². The number of anilines is 4. The monoisotopic (exact) mass is 477 g/mol. The van der Waals surface area contributed by atoms with Gasteiger partial charge in [0.05, 0.1) is 51.4 Å². The van der Waals surface area contributed by atoms with Crippen LogP contribution < -0.4 is 15.1 Å². The van der Waals surface area contributed by atoms with Crippen molar-refractivity contribution in [3.8, 4) is 0 Å². The SMILES string of the molecule is C1=Cn2nc(Nc3ccc(N4CCOCC4)cc3)nc2CN1c1cnn(CCN2CCOCC2)c1. The van der Waals surface area contributed by atoms with E-state index in [0.29, 0.717) is 12.5 Å². The fourth-order valence-corrected chi connectivity index (χ4v) is 4.56. The van der Waals surface area contributed by atoms with Crippen LogP contribution in [0.1, 0.15) is 5.82 Å². The Kier molecular flexibility index (Phi) is 6.35. The van der Waals surface area contributed by atoms with Gasteiger partial charge in [-0.25, -0.2) is 4.68 Å². The quantitative estimate of drug-likeness (QED) is 0.548. The Balaban J connectivity index is 1.05. The molecular weight excluding hydrogens is 446 g/mol. The lowest BCUT2D eigenvalue weighted by Crippen LogP contribution is -2.38. The van der Waals surface area contributed by atoms with Crippen LogP contribution in [0.15, 0.2) is 42.9 Å². The highest BCUT2D eigenvalue weighted by Gasteiger charge is 2.18. The van der Waals surface area contributed by atoms with Gasteiger partial charge in [0.15, 0.2) is 5.82 Å². The molecule has 0 spiro atoms. The number of morpholine rings is 2. The first-order chi connectivity index (χ1) is 17.3. The molecule has 1 N–H and O–H groups in total. The summed E-state index contributed by atoms with van der Waals surface area (Å²) in [5, 5.41) is 12.5. The Morgan fingerprint density at radius 1 is 0.857 bits per heavy atom. The van der Waals surface area contributed by atoms with Gasteiger partial charge in [-0.3, -0.25) is 9.58 Å². The van der Waals surface area contributed by atoms with E-state index in [2.05, 4.69) is 60.7 Å². The summed E-state index contributed by atoms with van der Waals surface area (Å²) in [7, 11) is 0. The van der Waals surface area contributed by atoms with Gasteiger partial charge in [-0.1, -0.05) is 0 Å². The highest BCUT2D eigenvalue weighted by atomic mass is 16.5. The van der Waals surface area contributed by atoms with Crippen molar-refractivity contribution in [3.05, 3.63) is 48.7 Å². The van der Waals surface area contributed by atoms with E-state index in [1.165, 1.54) is 5.69 Å². The number of hydrogen-bond donors (Lipinski definition) is 1. The molecule has 3 aliphatic rings. The number of benzene rings is 1. The van der Waals surface area contributed by atoms with Crippen LogP contribution in [0.5, 0.6) is 0 Å². The number of ether oxygens (including phenoxy) is 2. The fraction of sp³-hybridized carbons (Fsp3) is 0.458. The molecule has 35 heavy (non-hydrogen) atoms. The summed E-state index contributed by atoms with van der Waals surface area (Å²) in [6.07, 6.45) is 7.95. The molecular formula is C24H31N9O2. The molecule has 0 aliphatic carbocycles. The minimum Gasteiger partial charge on any atom is -0.379 e. The molecule has 2 saturated heterocycles. The molecule has 3 aliphatic heterocycles. The molecule has 0 unspecified atom stereocenters. The molecule has 184 valence electrons. The number of rotatable bonds is 7. The van der Waals surface area contributed by atoms with E-state index in [1.807, 2.05) is 28.0 Å². The summed E-state index contributed by atoms with van der Waals surface area (Å²) in [4.78, 5) is 11.6. The van der Waals surface area contributed by atoms with Gasteiger partial charge in [-0.2, -0.15) is 10.1 Å². The van der Waals surface area contributed by atoms with Crippen LogP contribution in [0.25, 0.3) is 6.20 Å². The van der Waals surface area contributed by atoms with Crippen molar-refractivity contribution in [2.45, 2.75) is 13.1 Å². The lowest BCUT2D eigenvalue weighted by Gasteiger charge is -2.28. The van der Waals surface area contributed by atoms with Crippen molar-refractivity contribution in [2.24, 2.45) is 0 Å². The standard InChI is InChI=1S/C24H31N9O2/c1-3-21(30-11-15-35-16-12-30)4-2-20(1)26-24-27-23-19-31(6-8-33(23)28-24)22-17-25-32(18-22)7-5-29-9-13-34-14-10-29/h1-4,6,8,17-18H,5,7,9-16,19H2,(H,26,28). The second kappa shape index (κ2) is 10.1. The molecule has 0 amide bonds. The Morgan fingerprint density at radius 2 is 1.63 bits per heavy atom. The smallest absolute Gasteiger partial charge is 0.247 e. The first-order valence-electron chi connectivity index (χ1n) is 12.2. The molecule has 6 rings (SSSR count). The highest BCUT2D eigenvalue weighted by Crippen LogP contribution is 2.24. The number of hydrogen-bond acceptors (Lipinski definition) is 9. The van der Waals surface area contributed by atoms with Gasteiger partial charge in [0.1, 0.15) is 0 Å². The van der Waals surface area contributed by atoms with Crippen LogP contribution in [0, 0.1) is 0 Å². The minimum atomic E-state index is 0.590. The fourth-order valence-electron chi connectivity index (χ4n) is 4.56. The zero-order valence-electron chi connectivity index (χ0n) is 19.8. The Hall–Kier alpha value is -3.41. The second-order valence-electron chi connectivity index (χ2n) is 8.91. The van der Waals surface area contributed by atoms with Crippen molar-refractivity contribution < 1.29 is 9.47 Å². The van der Waals surface area contributed by atoms with E-state index in [4.69, 9.17) is 14.5 Å². The highest BCUT2D eigenvalue weighted by molar-refractivity contribution is 5.60. The van der Waals surface area contributed by atoms with Crippen LogP contribution in [-0.4, -0.2) is 88.6 Å². The van der Waals surface area contributed by atoms with Crippen LogP contribution in [0.2, 0.25) is 0 Å². The maximum absolute atomic E-state index is 5.44. The largest absolute Gasteiger partial charge is 0.379 e. The Morgan fingerprint density at radius 3 is 2.43 bits per heavy atom. The average molecular weight is 478 g/mol. The van der Waals surface area contributed by atoms with Crippen LogP contribution in [0.3, 0.4) is 0 Å². The maximum Gasteiger partial charge on any atom is 0.247 e. The number of nitrogens with one attached hydrogen (secondary N) is 1.